The number of unbranched alkanes of at least 4 members (excludes halogenated alkanes) is 4. The van der Waals surface area contributed by atoms with Gasteiger partial charge in [0.15, 0.2) is 5.78 Å². The molecule has 3 rings (SSSR count). The van der Waals surface area contributed by atoms with Crippen molar-refractivity contribution in [3.63, 3.8) is 0 Å². The SMILES string of the molecule is CC(=O)CCCCCCCC(=O)c1cc(NC(=O)C2C(c3cc(Cl)cc(Cl)c3)C2(Cl)Cl)ccc1Cl. The maximum atomic E-state index is 13.0. The van der Waals surface area contributed by atoms with Gasteiger partial charge in [0.05, 0.1) is 10.9 Å². The van der Waals surface area contributed by atoms with Gasteiger partial charge in [-0.2, -0.15) is 0 Å². The van der Waals surface area contributed by atoms with E-state index in [9.17, 15) is 14.4 Å². The van der Waals surface area contributed by atoms with Crippen LogP contribution < -0.4 is 5.32 Å². The second kappa shape index (κ2) is 12.3. The molecule has 2 atom stereocenters. The number of halogens is 5. The van der Waals surface area contributed by atoms with Gasteiger partial charge in [-0.1, -0.05) is 54.1 Å². The van der Waals surface area contributed by atoms with E-state index in [4.69, 9.17) is 58.0 Å². The van der Waals surface area contributed by atoms with Gasteiger partial charge in [-0.05, 0) is 61.7 Å². The van der Waals surface area contributed by atoms with Crippen LogP contribution in [0.4, 0.5) is 5.69 Å². The van der Waals surface area contributed by atoms with Gasteiger partial charge in [-0.15, -0.1) is 23.2 Å². The Morgan fingerprint density at radius 2 is 1.46 bits per heavy atom. The van der Waals surface area contributed by atoms with E-state index >= 15 is 0 Å². The van der Waals surface area contributed by atoms with Crippen molar-refractivity contribution in [1.82, 2.24) is 0 Å². The lowest BCUT2D eigenvalue weighted by Crippen LogP contribution is -2.17. The highest BCUT2D eigenvalue weighted by Crippen LogP contribution is 2.65. The Balaban J connectivity index is 1.58. The third-order valence-corrected chi connectivity index (χ3v) is 7.75. The van der Waals surface area contributed by atoms with Crippen molar-refractivity contribution in [1.29, 1.82) is 0 Å². The largest absolute Gasteiger partial charge is 0.326 e. The number of benzene rings is 2. The summed E-state index contributed by atoms with van der Waals surface area (Å²) in [6.45, 7) is 1.60. The number of amides is 1. The van der Waals surface area contributed by atoms with E-state index < -0.39 is 16.2 Å². The van der Waals surface area contributed by atoms with E-state index in [1.54, 1.807) is 43.3 Å². The number of Topliss-reactive ketones (excluding diaryl/α,β-unsaturated/α-hetero) is 2. The number of carbonyl (C=O) groups is 3. The van der Waals surface area contributed by atoms with Crippen molar-refractivity contribution in [2.75, 3.05) is 5.32 Å². The Kier molecular flexibility index (Phi) is 9.93. The second-order valence-corrected chi connectivity index (χ2v) is 11.6. The Bertz CT molecular complexity index is 1100. The van der Waals surface area contributed by atoms with Gasteiger partial charge in [0.25, 0.3) is 0 Å². The molecule has 2 aromatic carbocycles. The quantitative estimate of drug-likeness (QED) is 0.156. The highest BCUT2D eigenvalue weighted by molar-refractivity contribution is 6.53. The van der Waals surface area contributed by atoms with Gasteiger partial charge in [0.1, 0.15) is 10.1 Å². The average molecular weight is 578 g/mol. The van der Waals surface area contributed by atoms with Crippen LogP contribution in [0.1, 0.15) is 73.7 Å². The monoisotopic (exact) mass is 575 g/mol. The van der Waals surface area contributed by atoms with E-state index in [0.717, 1.165) is 32.1 Å². The molecule has 2 aromatic rings. The molecular formula is C26H26Cl5NO3. The first kappa shape index (κ1) is 28.3. The zero-order chi connectivity index (χ0) is 25.8. The zero-order valence-electron chi connectivity index (χ0n) is 19.2. The Hall–Kier alpha value is -1.30. The summed E-state index contributed by atoms with van der Waals surface area (Å²) in [5.74, 6) is -1.43. The second-order valence-electron chi connectivity index (χ2n) is 8.91. The summed E-state index contributed by atoms with van der Waals surface area (Å²) < 4.78 is -1.30. The van der Waals surface area contributed by atoms with Crippen molar-refractivity contribution in [2.45, 2.75) is 62.1 Å². The zero-order valence-corrected chi connectivity index (χ0v) is 23.0. The van der Waals surface area contributed by atoms with Crippen LogP contribution in [0, 0.1) is 5.92 Å². The molecular weight excluding hydrogens is 552 g/mol. The number of rotatable bonds is 12. The van der Waals surface area contributed by atoms with Gasteiger partial charge in [0.2, 0.25) is 5.91 Å². The highest BCUT2D eigenvalue weighted by atomic mass is 35.5. The summed E-state index contributed by atoms with van der Waals surface area (Å²) in [5, 5.41) is 3.99. The van der Waals surface area contributed by atoms with Crippen LogP contribution in [0.15, 0.2) is 36.4 Å². The Labute approximate surface area is 230 Å². The van der Waals surface area contributed by atoms with Crippen LogP contribution in [0.2, 0.25) is 15.1 Å². The van der Waals surface area contributed by atoms with Crippen LogP contribution in [-0.4, -0.2) is 21.8 Å². The molecule has 1 fully saturated rings. The molecule has 35 heavy (non-hydrogen) atoms. The van der Waals surface area contributed by atoms with Crippen molar-refractivity contribution < 1.29 is 14.4 Å². The Morgan fingerprint density at radius 3 is 2.09 bits per heavy atom. The molecule has 1 amide bonds. The standard InChI is InChI=1S/C26H26Cl5NO3/c1-15(33)7-5-3-2-4-6-8-22(34)20-14-19(9-10-21(20)29)32-25(35)24-23(26(24,30)31)16-11-17(27)13-18(28)12-16/h9-14,23-24H,2-8H2,1H3,(H,32,35). The van der Waals surface area contributed by atoms with Crippen molar-refractivity contribution in [3.8, 4) is 0 Å². The number of hydrogen-bond donors (Lipinski definition) is 1. The van der Waals surface area contributed by atoms with Crippen molar-refractivity contribution in [2.24, 2.45) is 5.92 Å². The first-order valence-electron chi connectivity index (χ1n) is 11.5. The van der Waals surface area contributed by atoms with Gasteiger partial charge in [0, 0.05) is 40.1 Å². The topological polar surface area (TPSA) is 63.2 Å². The fourth-order valence-electron chi connectivity index (χ4n) is 4.18. The lowest BCUT2D eigenvalue weighted by molar-refractivity contribution is -0.118. The third-order valence-electron chi connectivity index (χ3n) is 6.05. The van der Waals surface area contributed by atoms with E-state index in [-0.39, 0.29) is 17.5 Å². The highest BCUT2D eigenvalue weighted by Gasteiger charge is 2.67. The molecule has 0 bridgehead atoms. The first-order chi connectivity index (χ1) is 16.5. The van der Waals surface area contributed by atoms with E-state index in [0.29, 0.717) is 44.7 Å². The number of hydrogen-bond acceptors (Lipinski definition) is 3. The summed E-state index contributed by atoms with van der Waals surface area (Å²) in [4.78, 5) is 36.7. The number of nitrogens with one attached hydrogen (secondary N) is 1. The minimum atomic E-state index is -1.30. The van der Waals surface area contributed by atoms with E-state index in [1.165, 1.54) is 0 Å². The van der Waals surface area contributed by atoms with E-state index in [2.05, 4.69) is 5.32 Å². The Morgan fingerprint density at radius 1 is 0.857 bits per heavy atom. The average Bonchev–Trinajstić information content (AvgIpc) is 3.35. The summed E-state index contributed by atoms with van der Waals surface area (Å²) in [6, 6.07) is 9.76. The molecule has 9 heteroatoms. The van der Waals surface area contributed by atoms with E-state index in [1.807, 2.05) is 0 Å². The van der Waals surface area contributed by atoms with Gasteiger partial charge >= 0.3 is 0 Å². The molecule has 188 valence electrons. The summed E-state index contributed by atoms with van der Waals surface area (Å²) >= 11 is 31.3. The minimum absolute atomic E-state index is 0.0864. The predicted molar refractivity (Wildman–Crippen MR) is 145 cm³/mol. The molecule has 0 heterocycles. The maximum Gasteiger partial charge on any atom is 0.231 e. The molecule has 2 unspecified atom stereocenters. The molecule has 0 aromatic heterocycles. The number of ketones is 2. The summed E-state index contributed by atoms with van der Waals surface area (Å²) in [5.41, 5.74) is 1.48. The van der Waals surface area contributed by atoms with Crippen LogP contribution in [0.3, 0.4) is 0 Å². The van der Waals surface area contributed by atoms with Gasteiger partial charge < -0.3 is 10.1 Å². The summed E-state index contributed by atoms with van der Waals surface area (Å²) in [7, 11) is 0. The lowest BCUT2D eigenvalue weighted by atomic mass is 10.0. The number of alkyl halides is 2. The number of anilines is 1. The lowest BCUT2D eigenvalue weighted by Gasteiger charge is -2.09. The minimum Gasteiger partial charge on any atom is -0.326 e. The van der Waals surface area contributed by atoms with Crippen LogP contribution in [0.5, 0.6) is 0 Å². The predicted octanol–water partition coefficient (Wildman–Crippen LogP) is 8.68. The fraction of sp³-hybridized carbons (Fsp3) is 0.423. The van der Waals surface area contributed by atoms with Crippen LogP contribution >= 0.6 is 58.0 Å². The van der Waals surface area contributed by atoms with Crippen LogP contribution in [0.25, 0.3) is 0 Å². The molecule has 1 N–H and O–H groups in total. The van der Waals surface area contributed by atoms with Gasteiger partial charge in [-0.25, -0.2) is 0 Å². The molecule has 0 aliphatic heterocycles. The molecule has 1 saturated carbocycles. The smallest absolute Gasteiger partial charge is 0.231 e. The molecule has 1 aliphatic carbocycles. The normalized spacial score (nSPS) is 18.2. The first-order valence-corrected chi connectivity index (χ1v) is 13.4. The molecule has 0 saturated heterocycles. The molecule has 4 nitrogen and oxygen atoms in total. The molecule has 1 aliphatic rings. The van der Waals surface area contributed by atoms with Gasteiger partial charge in [-0.3, -0.25) is 9.59 Å². The molecule has 0 radical (unpaired) electrons. The molecule has 0 spiro atoms. The fourth-order valence-corrected chi connectivity index (χ4v) is 5.78. The maximum absolute atomic E-state index is 13.0. The van der Waals surface area contributed by atoms with Crippen molar-refractivity contribution >= 4 is 81.2 Å². The number of carbonyl (C=O) groups excluding carboxylic acids is 3. The summed E-state index contributed by atoms with van der Waals surface area (Å²) in [6.07, 6.45) is 5.44. The van der Waals surface area contributed by atoms with Crippen molar-refractivity contribution in [3.05, 3.63) is 62.6 Å². The third kappa shape index (κ3) is 7.60. The van der Waals surface area contributed by atoms with Crippen LogP contribution in [-0.2, 0) is 9.59 Å².